The fraction of sp³-hybridized carbons (Fsp3) is 0. The van der Waals surface area contributed by atoms with Crippen LogP contribution in [0.25, 0.3) is 22.3 Å². The SMILES string of the molecule is S=C([S-])N(c1ccccc1-c1ccccc1)c1ccccc1-c1ccccc1.[Na+]. The van der Waals surface area contributed by atoms with E-state index >= 15 is 0 Å². The molecular formula is C25H18NNaS2. The number of rotatable bonds is 4. The van der Waals surface area contributed by atoms with Crippen molar-refractivity contribution < 1.29 is 29.6 Å². The molecule has 0 bridgehead atoms. The Kier molecular flexibility index (Phi) is 7.59. The van der Waals surface area contributed by atoms with E-state index in [1.807, 2.05) is 65.6 Å². The molecule has 4 heteroatoms. The van der Waals surface area contributed by atoms with E-state index in [4.69, 9.17) is 24.8 Å². The Bertz CT molecular complexity index is 1010. The maximum atomic E-state index is 5.54. The number of nitrogens with zero attached hydrogens (tertiary/aromatic N) is 1. The normalized spacial score (nSPS) is 10.1. The van der Waals surface area contributed by atoms with E-state index in [9.17, 15) is 0 Å². The first-order valence-corrected chi connectivity index (χ1v) is 9.87. The molecule has 0 atom stereocenters. The molecule has 0 fully saturated rings. The van der Waals surface area contributed by atoms with Gasteiger partial charge in [0.15, 0.2) is 0 Å². The van der Waals surface area contributed by atoms with Gasteiger partial charge in [-0.3, -0.25) is 0 Å². The molecule has 0 heterocycles. The van der Waals surface area contributed by atoms with Gasteiger partial charge >= 0.3 is 29.6 Å². The summed E-state index contributed by atoms with van der Waals surface area (Å²) in [7, 11) is 0. The van der Waals surface area contributed by atoms with E-state index in [1.54, 1.807) is 0 Å². The van der Waals surface area contributed by atoms with Gasteiger partial charge in [-0.1, -0.05) is 101 Å². The summed E-state index contributed by atoms with van der Waals surface area (Å²) >= 11 is 11.1. The minimum absolute atomic E-state index is 0. The Morgan fingerprint density at radius 1 is 0.552 bits per heavy atom. The maximum Gasteiger partial charge on any atom is 1.00 e. The summed E-state index contributed by atoms with van der Waals surface area (Å²) in [6.07, 6.45) is 0. The van der Waals surface area contributed by atoms with Gasteiger partial charge < -0.3 is 29.7 Å². The van der Waals surface area contributed by atoms with Gasteiger partial charge in [0.1, 0.15) is 0 Å². The summed E-state index contributed by atoms with van der Waals surface area (Å²) in [4.78, 5) is 2.00. The Labute approximate surface area is 205 Å². The molecule has 0 unspecified atom stereocenters. The van der Waals surface area contributed by atoms with Crippen LogP contribution >= 0.6 is 12.2 Å². The molecular weight excluding hydrogens is 401 g/mol. The molecule has 0 aromatic heterocycles. The summed E-state index contributed by atoms with van der Waals surface area (Å²) in [5.41, 5.74) is 6.42. The molecule has 0 saturated heterocycles. The predicted molar refractivity (Wildman–Crippen MR) is 126 cm³/mol. The van der Waals surface area contributed by atoms with Crippen molar-refractivity contribution >= 4 is 40.5 Å². The van der Waals surface area contributed by atoms with Crippen LogP contribution in [0.3, 0.4) is 0 Å². The second kappa shape index (κ2) is 10.1. The zero-order valence-electron chi connectivity index (χ0n) is 16.2. The van der Waals surface area contributed by atoms with Crippen LogP contribution in [0.15, 0.2) is 109 Å². The zero-order chi connectivity index (χ0) is 19.3. The Balaban J connectivity index is 0.00000240. The second-order valence-electron chi connectivity index (χ2n) is 6.37. The largest absolute Gasteiger partial charge is 1.00 e. The number of hydrogen-bond acceptors (Lipinski definition) is 2. The molecule has 0 N–H and O–H groups in total. The van der Waals surface area contributed by atoms with Crippen LogP contribution in [0, 0.1) is 0 Å². The van der Waals surface area contributed by atoms with Crippen molar-refractivity contribution in [1.82, 2.24) is 0 Å². The molecule has 0 spiro atoms. The Morgan fingerprint density at radius 2 is 0.897 bits per heavy atom. The van der Waals surface area contributed by atoms with E-state index < -0.39 is 0 Å². The van der Waals surface area contributed by atoms with Gasteiger partial charge in [-0.05, 0) is 23.3 Å². The summed E-state index contributed by atoms with van der Waals surface area (Å²) in [5.74, 6) is 0. The third-order valence-electron chi connectivity index (χ3n) is 4.64. The smallest absolute Gasteiger partial charge is 0.411 e. The van der Waals surface area contributed by atoms with Gasteiger partial charge in [0.25, 0.3) is 0 Å². The molecule has 0 amide bonds. The van der Waals surface area contributed by atoms with Crippen LogP contribution in [0.2, 0.25) is 0 Å². The molecule has 0 aliphatic rings. The molecule has 4 aromatic rings. The van der Waals surface area contributed by atoms with Crippen molar-refractivity contribution in [3.8, 4) is 22.3 Å². The van der Waals surface area contributed by atoms with Crippen LogP contribution in [0.1, 0.15) is 0 Å². The van der Waals surface area contributed by atoms with Gasteiger partial charge in [-0.2, -0.15) is 0 Å². The zero-order valence-corrected chi connectivity index (χ0v) is 19.8. The van der Waals surface area contributed by atoms with Crippen LogP contribution < -0.4 is 34.5 Å². The van der Waals surface area contributed by atoms with Gasteiger partial charge in [0, 0.05) is 11.1 Å². The molecule has 29 heavy (non-hydrogen) atoms. The summed E-state index contributed by atoms with van der Waals surface area (Å²) in [5, 5.41) is 0. The van der Waals surface area contributed by atoms with Crippen molar-refractivity contribution in [3.63, 3.8) is 0 Å². The summed E-state index contributed by atoms with van der Waals surface area (Å²) in [6.45, 7) is 0. The molecule has 0 radical (unpaired) electrons. The minimum Gasteiger partial charge on any atom is -0.411 e. The topological polar surface area (TPSA) is 3.24 Å². The molecule has 1 nitrogen and oxygen atoms in total. The van der Waals surface area contributed by atoms with Crippen molar-refractivity contribution in [2.45, 2.75) is 0 Å². The Morgan fingerprint density at radius 3 is 1.28 bits per heavy atom. The van der Waals surface area contributed by atoms with E-state index in [1.165, 1.54) is 0 Å². The molecule has 4 rings (SSSR count). The quantitative estimate of drug-likeness (QED) is 0.280. The first-order valence-electron chi connectivity index (χ1n) is 9.06. The number of anilines is 2. The standard InChI is InChI=1S/C25H19NS2.Na/c27-25(28)26(23-17-9-7-15-21(23)19-11-3-1-4-12-19)24-18-10-8-16-22(24)20-13-5-2-6-14-20;/h1-18H,(H,27,28);/q;+1/p-1. The van der Waals surface area contributed by atoms with Crippen LogP contribution in [0.4, 0.5) is 11.4 Å². The number of hydrogen-bond donors (Lipinski definition) is 0. The van der Waals surface area contributed by atoms with Crippen LogP contribution in [-0.2, 0) is 12.6 Å². The first kappa shape index (κ1) is 21.7. The average Bonchev–Trinajstić information content (AvgIpc) is 2.76. The molecule has 0 saturated carbocycles. The van der Waals surface area contributed by atoms with Crippen molar-refractivity contribution in [3.05, 3.63) is 109 Å². The van der Waals surface area contributed by atoms with Gasteiger partial charge in [-0.15, -0.1) is 0 Å². The van der Waals surface area contributed by atoms with Gasteiger partial charge in [-0.25, -0.2) is 0 Å². The maximum absolute atomic E-state index is 5.54. The molecule has 0 aliphatic carbocycles. The van der Waals surface area contributed by atoms with E-state index in [0.29, 0.717) is 4.32 Å². The number of para-hydroxylation sites is 2. The van der Waals surface area contributed by atoms with Gasteiger partial charge in [0.05, 0.1) is 11.4 Å². The van der Waals surface area contributed by atoms with E-state index in [2.05, 4.69) is 48.5 Å². The van der Waals surface area contributed by atoms with Crippen molar-refractivity contribution in [2.75, 3.05) is 4.90 Å². The third-order valence-corrected chi connectivity index (χ3v) is 5.01. The van der Waals surface area contributed by atoms with E-state index in [-0.39, 0.29) is 29.6 Å². The number of thiocarbonyl (C=S) groups is 1. The second-order valence-corrected chi connectivity index (χ2v) is 7.40. The monoisotopic (exact) mass is 419 g/mol. The van der Waals surface area contributed by atoms with Crippen molar-refractivity contribution in [1.29, 1.82) is 0 Å². The fourth-order valence-electron chi connectivity index (χ4n) is 3.39. The molecule has 4 aromatic carbocycles. The molecule has 0 aliphatic heterocycles. The summed E-state index contributed by atoms with van der Waals surface area (Å²) < 4.78 is 0.395. The fourth-order valence-corrected chi connectivity index (χ4v) is 3.78. The van der Waals surface area contributed by atoms with Gasteiger partial charge in [0.2, 0.25) is 0 Å². The molecule has 136 valence electrons. The van der Waals surface area contributed by atoms with Crippen LogP contribution in [0.5, 0.6) is 0 Å². The number of benzene rings is 4. The summed E-state index contributed by atoms with van der Waals surface area (Å²) in [6, 6.07) is 37.1. The Hall–Kier alpha value is -2.01. The average molecular weight is 420 g/mol. The third kappa shape index (κ3) is 4.77. The van der Waals surface area contributed by atoms with Crippen molar-refractivity contribution in [2.24, 2.45) is 0 Å². The minimum atomic E-state index is 0. The van der Waals surface area contributed by atoms with E-state index in [0.717, 1.165) is 33.6 Å². The first-order chi connectivity index (χ1) is 13.8. The predicted octanol–water partition coefficient (Wildman–Crippen LogP) is 3.99. The van der Waals surface area contributed by atoms with Crippen LogP contribution in [-0.4, -0.2) is 4.32 Å².